The molecule has 0 spiro atoms. The Kier molecular flexibility index (Phi) is 5.70. The highest BCUT2D eigenvalue weighted by Crippen LogP contribution is 2.26. The van der Waals surface area contributed by atoms with Crippen molar-refractivity contribution in [2.24, 2.45) is 10.2 Å². The molecule has 148 valence electrons. The number of nitrogens with zero attached hydrogens (tertiary/aromatic N) is 3. The molecule has 1 aliphatic rings. The second-order valence-corrected chi connectivity index (χ2v) is 7.17. The maximum Gasteiger partial charge on any atom is 0.123 e. The summed E-state index contributed by atoms with van der Waals surface area (Å²) in [6.07, 6.45) is 2.56. The molecule has 2 N–H and O–H groups in total. The van der Waals surface area contributed by atoms with Crippen molar-refractivity contribution in [3.8, 4) is 0 Å². The molecular weight excluding hydrogens is 365 g/mol. The van der Waals surface area contributed by atoms with Crippen molar-refractivity contribution >= 4 is 28.4 Å². The van der Waals surface area contributed by atoms with Gasteiger partial charge >= 0.3 is 0 Å². The molecule has 1 heterocycles. The molecule has 3 aromatic carbocycles. The summed E-state index contributed by atoms with van der Waals surface area (Å²) in [4.78, 5) is 2.42. The minimum atomic E-state index is -0.284. The van der Waals surface area contributed by atoms with Crippen molar-refractivity contribution in [1.82, 2.24) is 0 Å². The lowest BCUT2D eigenvalue weighted by Gasteiger charge is -2.18. The van der Waals surface area contributed by atoms with Crippen molar-refractivity contribution in [2.75, 3.05) is 28.8 Å². The number of hydrogen-bond donors (Lipinski definition) is 2. The van der Waals surface area contributed by atoms with Crippen LogP contribution in [0.1, 0.15) is 18.4 Å². The van der Waals surface area contributed by atoms with E-state index in [1.165, 1.54) is 30.7 Å². The van der Waals surface area contributed by atoms with Crippen LogP contribution in [0.25, 0.3) is 0 Å². The average molecular weight is 389 g/mol. The van der Waals surface area contributed by atoms with Crippen molar-refractivity contribution in [1.29, 1.82) is 0 Å². The third-order valence-electron chi connectivity index (χ3n) is 4.99. The fourth-order valence-corrected chi connectivity index (χ4v) is 3.34. The number of azo groups is 1. The van der Waals surface area contributed by atoms with Gasteiger partial charge in [0.1, 0.15) is 5.82 Å². The number of hydrogen-bond acceptors (Lipinski definition) is 5. The number of aryl methyl sites for hydroxylation is 1. The fourth-order valence-electron chi connectivity index (χ4n) is 3.34. The van der Waals surface area contributed by atoms with Gasteiger partial charge in [-0.15, -0.1) is 0 Å². The van der Waals surface area contributed by atoms with Crippen molar-refractivity contribution in [3.05, 3.63) is 78.1 Å². The second kappa shape index (κ2) is 8.73. The number of halogens is 1. The van der Waals surface area contributed by atoms with Crippen LogP contribution in [-0.4, -0.2) is 13.1 Å². The van der Waals surface area contributed by atoms with E-state index in [2.05, 4.69) is 50.2 Å². The van der Waals surface area contributed by atoms with Gasteiger partial charge in [0.25, 0.3) is 0 Å². The molecule has 29 heavy (non-hydrogen) atoms. The van der Waals surface area contributed by atoms with Crippen LogP contribution in [0.15, 0.2) is 77.0 Å². The number of anilines is 3. The third kappa shape index (κ3) is 4.90. The maximum absolute atomic E-state index is 13.0. The largest absolute Gasteiger partial charge is 0.372 e. The summed E-state index contributed by atoms with van der Waals surface area (Å²) in [5.41, 5.74) is 12.1. The zero-order valence-electron chi connectivity index (χ0n) is 16.4. The van der Waals surface area contributed by atoms with Crippen LogP contribution in [0, 0.1) is 12.7 Å². The van der Waals surface area contributed by atoms with Crippen LogP contribution in [0.4, 0.5) is 32.8 Å². The normalized spacial score (nSPS) is 13.8. The second-order valence-electron chi connectivity index (χ2n) is 7.17. The lowest BCUT2D eigenvalue weighted by molar-refractivity contribution is 0.628. The quantitative estimate of drug-likeness (QED) is 0.369. The molecule has 1 fully saturated rings. The molecule has 0 radical (unpaired) electrons. The fraction of sp³-hybridized carbons (Fsp3) is 0.217. The molecule has 1 aliphatic heterocycles. The highest BCUT2D eigenvalue weighted by molar-refractivity contribution is 5.61. The lowest BCUT2D eigenvalue weighted by Crippen LogP contribution is -2.17. The van der Waals surface area contributed by atoms with Gasteiger partial charge in [-0.25, -0.2) is 4.39 Å². The van der Waals surface area contributed by atoms with Gasteiger partial charge in [0.05, 0.1) is 22.7 Å². The molecule has 5 nitrogen and oxygen atoms in total. The molecule has 0 amide bonds. The Morgan fingerprint density at radius 3 is 2.14 bits per heavy atom. The van der Waals surface area contributed by atoms with E-state index >= 15 is 0 Å². The Labute approximate surface area is 170 Å². The van der Waals surface area contributed by atoms with Crippen LogP contribution < -0.4 is 15.8 Å². The van der Waals surface area contributed by atoms with Crippen LogP contribution in [-0.2, 0) is 0 Å². The first-order chi connectivity index (χ1) is 14.2. The summed E-state index contributed by atoms with van der Waals surface area (Å²) in [5.74, 6) is -0.284. The Morgan fingerprint density at radius 2 is 1.45 bits per heavy atom. The first-order valence-electron chi connectivity index (χ1n) is 9.82. The van der Waals surface area contributed by atoms with Crippen molar-refractivity contribution in [2.45, 2.75) is 19.8 Å². The first kappa shape index (κ1) is 18.9. The molecule has 3 aromatic rings. The summed E-state index contributed by atoms with van der Waals surface area (Å²) in [5, 5.41) is 8.42. The van der Waals surface area contributed by atoms with E-state index < -0.39 is 0 Å². The predicted molar refractivity (Wildman–Crippen MR) is 117 cm³/mol. The van der Waals surface area contributed by atoms with Gasteiger partial charge in [-0.1, -0.05) is 0 Å². The number of rotatable bonds is 6. The van der Waals surface area contributed by atoms with Crippen LogP contribution in [0.5, 0.6) is 0 Å². The molecule has 0 bridgehead atoms. The van der Waals surface area contributed by atoms with Gasteiger partial charge in [-0.2, -0.15) is 10.2 Å². The molecule has 0 atom stereocenters. The minimum Gasteiger partial charge on any atom is -0.372 e. The van der Waals surface area contributed by atoms with E-state index in [4.69, 9.17) is 0 Å². The minimum absolute atomic E-state index is 0.284. The molecule has 4 rings (SSSR count). The number of hydrazine groups is 1. The Morgan fingerprint density at radius 1 is 0.793 bits per heavy atom. The first-order valence-corrected chi connectivity index (χ1v) is 9.82. The summed E-state index contributed by atoms with van der Waals surface area (Å²) in [6, 6.07) is 20.3. The van der Waals surface area contributed by atoms with Gasteiger partial charge < -0.3 is 15.8 Å². The Hall–Kier alpha value is -3.41. The number of nitrogens with one attached hydrogen (secondary N) is 2. The summed E-state index contributed by atoms with van der Waals surface area (Å²) < 4.78 is 13.0. The van der Waals surface area contributed by atoms with E-state index in [9.17, 15) is 4.39 Å². The van der Waals surface area contributed by atoms with E-state index in [1.54, 1.807) is 12.1 Å². The maximum atomic E-state index is 13.0. The van der Waals surface area contributed by atoms with Gasteiger partial charge in [0.2, 0.25) is 0 Å². The van der Waals surface area contributed by atoms with E-state index in [1.807, 2.05) is 25.1 Å². The molecule has 0 unspecified atom stereocenters. The van der Waals surface area contributed by atoms with Crippen molar-refractivity contribution < 1.29 is 4.39 Å². The summed E-state index contributed by atoms with van der Waals surface area (Å²) in [7, 11) is 0. The molecule has 0 aromatic heterocycles. The summed E-state index contributed by atoms with van der Waals surface area (Å²) in [6.45, 7) is 4.28. The zero-order valence-corrected chi connectivity index (χ0v) is 16.4. The molecule has 1 saturated heterocycles. The molecule has 0 aliphatic carbocycles. The van der Waals surface area contributed by atoms with Gasteiger partial charge in [-0.3, -0.25) is 0 Å². The van der Waals surface area contributed by atoms with E-state index in [0.717, 1.165) is 35.7 Å². The molecular formula is C23H24FN5. The van der Waals surface area contributed by atoms with Gasteiger partial charge in [-0.05, 0) is 92.1 Å². The van der Waals surface area contributed by atoms with Crippen LogP contribution >= 0.6 is 0 Å². The van der Waals surface area contributed by atoms with Crippen LogP contribution in [0.2, 0.25) is 0 Å². The topological polar surface area (TPSA) is 52.0 Å². The Bertz CT molecular complexity index is 977. The lowest BCUT2D eigenvalue weighted by atomic mass is 10.2. The average Bonchev–Trinajstić information content (AvgIpc) is 3.28. The van der Waals surface area contributed by atoms with Crippen molar-refractivity contribution in [3.63, 3.8) is 0 Å². The van der Waals surface area contributed by atoms with E-state index in [-0.39, 0.29) is 5.82 Å². The monoisotopic (exact) mass is 389 g/mol. The van der Waals surface area contributed by atoms with E-state index in [0.29, 0.717) is 5.69 Å². The number of benzene rings is 3. The zero-order chi connectivity index (χ0) is 20.1. The Balaban J connectivity index is 1.36. The molecule has 0 saturated carbocycles. The van der Waals surface area contributed by atoms with Crippen LogP contribution in [0.3, 0.4) is 0 Å². The third-order valence-corrected chi connectivity index (χ3v) is 4.99. The highest BCUT2D eigenvalue weighted by Gasteiger charge is 2.11. The SMILES string of the molecule is Cc1cc(NNc2ccc(N3CCCC3)cc2)ccc1/N=N/c1ccc(F)cc1. The molecule has 6 heteroatoms. The van der Waals surface area contributed by atoms with Gasteiger partial charge in [0, 0.05) is 18.8 Å². The standard InChI is InChI=1S/C23H24FN5/c1-17-16-21(10-13-23(17)28-26-19-6-4-18(24)5-7-19)27-25-20-8-11-22(12-9-20)29-14-2-3-15-29/h4-13,16,25,27H,2-3,14-15H2,1H3/b28-26+. The van der Waals surface area contributed by atoms with Gasteiger partial charge in [0.15, 0.2) is 0 Å². The highest BCUT2D eigenvalue weighted by atomic mass is 19.1. The summed E-state index contributed by atoms with van der Waals surface area (Å²) >= 11 is 0. The smallest absolute Gasteiger partial charge is 0.123 e. The predicted octanol–water partition coefficient (Wildman–Crippen LogP) is 6.59.